The highest BCUT2D eigenvalue weighted by Gasteiger charge is 2.17. The summed E-state index contributed by atoms with van der Waals surface area (Å²) < 4.78 is 0. The molecule has 2 N–H and O–H groups in total. The number of rotatable bonds is 8. The van der Waals surface area contributed by atoms with E-state index in [0.717, 1.165) is 10.6 Å². The summed E-state index contributed by atoms with van der Waals surface area (Å²) in [5, 5.41) is 14.6. The molecule has 2 amide bonds. The molecule has 1 aromatic carbocycles. The molecule has 2 aromatic rings. The molecule has 0 aliphatic carbocycles. The fraction of sp³-hybridized carbons (Fsp3) is 0.353. The minimum Gasteiger partial charge on any atom is -0.481 e. The summed E-state index contributed by atoms with van der Waals surface area (Å²) in [7, 11) is 1.70. The van der Waals surface area contributed by atoms with Gasteiger partial charge < -0.3 is 15.3 Å². The van der Waals surface area contributed by atoms with E-state index in [1.54, 1.807) is 18.1 Å². The number of aliphatic carboxylic acids is 1. The number of carbonyl (C=O) groups excluding carboxylic acids is 1. The number of thiazole rings is 1. The van der Waals surface area contributed by atoms with Crippen LogP contribution >= 0.6 is 11.3 Å². The average Bonchev–Trinajstić information content (AvgIpc) is 3.06. The Morgan fingerprint density at radius 1 is 1.33 bits per heavy atom. The molecule has 1 unspecified atom stereocenters. The molecule has 1 atom stereocenters. The van der Waals surface area contributed by atoms with Crippen molar-refractivity contribution in [2.24, 2.45) is 0 Å². The predicted molar refractivity (Wildman–Crippen MR) is 92.9 cm³/mol. The van der Waals surface area contributed by atoms with Gasteiger partial charge in [-0.3, -0.25) is 4.79 Å². The summed E-state index contributed by atoms with van der Waals surface area (Å²) in [4.78, 5) is 28.9. The van der Waals surface area contributed by atoms with Gasteiger partial charge in [-0.25, -0.2) is 9.78 Å². The molecule has 7 heteroatoms. The Morgan fingerprint density at radius 2 is 2.08 bits per heavy atom. The van der Waals surface area contributed by atoms with E-state index in [4.69, 9.17) is 5.11 Å². The maximum absolute atomic E-state index is 12.4. The molecule has 2 rings (SSSR count). The van der Waals surface area contributed by atoms with Gasteiger partial charge in [0.2, 0.25) is 0 Å². The lowest BCUT2D eigenvalue weighted by molar-refractivity contribution is -0.137. The van der Waals surface area contributed by atoms with Crippen LogP contribution < -0.4 is 5.32 Å². The monoisotopic (exact) mass is 347 g/mol. The van der Waals surface area contributed by atoms with Gasteiger partial charge in [-0.2, -0.15) is 0 Å². The highest BCUT2D eigenvalue weighted by atomic mass is 32.1. The molecule has 24 heavy (non-hydrogen) atoms. The van der Waals surface area contributed by atoms with Gasteiger partial charge >= 0.3 is 12.0 Å². The number of amides is 2. The number of carboxylic acid groups (broad SMARTS) is 1. The van der Waals surface area contributed by atoms with Crippen LogP contribution in [0.25, 0.3) is 0 Å². The Morgan fingerprint density at radius 3 is 2.71 bits per heavy atom. The largest absolute Gasteiger partial charge is 0.481 e. The maximum Gasteiger partial charge on any atom is 0.317 e. The topological polar surface area (TPSA) is 82.5 Å². The van der Waals surface area contributed by atoms with E-state index in [-0.39, 0.29) is 18.5 Å². The summed E-state index contributed by atoms with van der Waals surface area (Å²) in [6.45, 7) is 0.431. The minimum absolute atomic E-state index is 0.0218. The summed E-state index contributed by atoms with van der Waals surface area (Å²) >= 11 is 1.49. The number of nitrogens with zero attached hydrogens (tertiary/aromatic N) is 2. The molecule has 0 saturated heterocycles. The highest BCUT2D eigenvalue weighted by molar-refractivity contribution is 7.09. The first-order valence-corrected chi connectivity index (χ1v) is 8.58. The van der Waals surface area contributed by atoms with E-state index in [1.165, 1.54) is 11.3 Å². The Hall–Kier alpha value is -2.41. The first-order valence-electron chi connectivity index (χ1n) is 7.70. The second kappa shape index (κ2) is 9.02. The van der Waals surface area contributed by atoms with Gasteiger partial charge in [-0.05, 0) is 18.4 Å². The van der Waals surface area contributed by atoms with Gasteiger partial charge in [0.05, 0.1) is 6.54 Å². The van der Waals surface area contributed by atoms with Crippen molar-refractivity contribution in [3.05, 3.63) is 52.5 Å². The summed E-state index contributed by atoms with van der Waals surface area (Å²) in [5.74, 6) is -0.863. The van der Waals surface area contributed by atoms with Crippen LogP contribution in [0.1, 0.15) is 23.4 Å². The summed E-state index contributed by atoms with van der Waals surface area (Å²) in [6.07, 6.45) is 2.72. The van der Waals surface area contributed by atoms with Gasteiger partial charge in [-0.15, -0.1) is 11.3 Å². The molecule has 0 aliphatic heterocycles. The van der Waals surface area contributed by atoms with Crippen LogP contribution in [0.5, 0.6) is 0 Å². The van der Waals surface area contributed by atoms with Crippen LogP contribution in [0, 0.1) is 0 Å². The normalized spacial score (nSPS) is 11.7. The minimum atomic E-state index is -0.863. The Bertz CT molecular complexity index is 646. The second-order valence-electron chi connectivity index (χ2n) is 5.55. The zero-order chi connectivity index (χ0) is 17.4. The molecule has 1 aromatic heterocycles. The van der Waals surface area contributed by atoms with Crippen molar-refractivity contribution in [3.63, 3.8) is 0 Å². The van der Waals surface area contributed by atoms with E-state index < -0.39 is 5.97 Å². The number of carbonyl (C=O) groups is 2. The molecular weight excluding hydrogens is 326 g/mol. The third-order valence-electron chi connectivity index (χ3n) is 3.56. The molecular formula is C17H21N3O3S. The highest BCUT2D eigenvalue weighted by Crippen LogP contribution is 2.10. The molecule has 1 heterocycles. The predicted octanol–water partition coefficient (Wildman–Crippen LogP) is 2.76. The van der Waals surface area contributed by atoms with Crippen molar-refractivity contribution in [2.45, 2.75) is 31.8 Å². The smallest absolute Gasteiger partial charge is 0.317 e. The van der Waals surface area contributed by atoms with Gasteiger partial charge in [0.25, 0.3) is 0 Å². The van der Waals surface area contributed by atoms with Crippen LogP contribution in [0.4, 0.5) is 4.79 Å². The number of hydrogen-bond donors (Lipinski definition) is 2. The van der Waals surface area contributed by atoms with E-state index in [9.17, 15) is 9.59 Å². The molecule has 6 nitrogen and oxygen atoms in total. The zero-order valence-electron chi connectivity index (χ0n) is 13.5. The average molecular weight is 347 g/mol. The Kier molecular flexibility index (Phi) is 6.74. The number of hydrogen-bond acceptors (Lipinski definition) is 4. The quantitative estimate of drug-likeness (QED) is 0.769. The van der Waals surface area contributed by atoms with Gasteiger partial charge in [0.15, 0.2) is 0 Å². The molecule has 0 radical (unpaired) electrons. The first kappa shape index (κ1) is 17.9. The molecule has 128 valence electrons. The van der Waals surface area contributed by atoms with Gasteiger partial charge in [0.1, 0.15) is 5.01 Å². The van der Waals surface area contributed by atoms with E-state index in [0.29, 0.717) is 19.4 Å². The Labute approximate surface area is 145 Å². The van der Waals surface area contributed by atoms with Crippen LogP contribution in [-0.2, 0) is 17.8 Å². The molecule has 0 bridgehead atoms. The lowest BCUT2D eigenvalue weighted by Gasteiger charge is -2.23. The fourth-order valence-corrected chi connectivity index (χ4v) is 2.98. The van der Waals surface area contributed by atoms with Crippen molar-refractivity contribution in [1.29, 1.82) is 0 Å². The SMILES string of the molecule is CN(Cc1nccs1)C(=O)NC(CCC(=O)O)Cc1ccccc1. The molecule has 0 aliphatic rings. The number of aromatic nitrogens is 1. The standard InChI is InChI=1S/C17H21N3O3S/c1-20(12-15-18-9-10-24-15)17(23)19-14(7-8-16(21)22)11-13-5-3-2-4-6-13/h2-6,9-10,14H,7-8,11-12H2,1H3,(H,19,23)(H,21,22). The van der Waals surface area contributed by atoms with Crippen molar-refractivity contribution < 1.29 is 14.7 Å². The van der Waals surface area contributed by atoms with Crippen molar-refractivity contribution in [2.75, 3.05) is 7.05 Å². The van der Waals surface area contributed by atoms with Crippen LogP contribution in [0.15, 0.2) is 41.9 Å². The number of urea groups is 1. The van der Waals surface area contributed by atoms with Crippen molar-refractivity contribution in [3.8, 4) is 0 Å². The number of benzene rings is 1. The third-order valence-corrected chi connectivity index (χ3v) is 4.33. The molecule has 0 fully saturated rings. The first-order chi connectivity index (χ1) is 11.5. The number of carboxylic acids is 1. The van der Waals surface area contributed by atoms with Crippen LogP contribution in [-0.4, -0.2) is 40.1 Å². The second-order valence-corrected chi connectivity index (χ2v) is 6.53. The lowest BCUT2D eigenvalue weighted by atomic mass is 10.0. The van der Waals surface area contributed by atoms with Crippen LogP contribution in [0.2, 0.25) is 0 Å². The van der Waals surface area contributed by atoms with Crippen LogP contribution in [0.3, 0.4) is 0 Å². The van der Waals surface area contributed by atoms with E-state index >= 15 is 0 Å². The van der Waals surface area contributed by atoms with E-state index in [1.807, 2.05) is 35.7 Å². The summed E-state index contributed by atoms with van der Waals surface area (Å²) in [5.41, 5.74) is 1.07. The maximum atomic E-state index is 12.4. The van der Waals surface area contributed by atoms with Crippen molar-refractivity contribution >= 4 is 23.3 Å². The Balaban J connectivity index is 1.95. The lowest BCUT2D eigenvalue weighted by Crippen LogP contribution is -2.44. The molecule has 0 spiro atoms. The zero-order valence-corrected chi connectivity index (χ0v) is 14.3. The van der Waals surface area contributed by atoms with Gasteiger partial charge in [-0.1, -0.05) is 30.3 Å². The van der Waals surface area contributed by atoms with Gasteiger partial charge in [0, 0.05) is 31.1 Å². The fourth-order valence-electron chi connectivity index (χ4n) is 2.31. The summed E-state index contributed by atoms with van der Waals surface area (Å²) in [6, 6.07) is 9.28. The van der Waals surface area contributed by atoms with E-state index in [2.05, 4.69) is 10.3 Å². The van der Waals surface area contributed by atoms with Crippen molar-refractivity contribution in [1.82, 2.24) is 15.2 Å². The third kappa shape index (κ3) is 6.00. The number of nitrogens with one attached hydrogen (secondary N) is 1. The molecule has 0 saturated carbocycles.